The normalized spacial score (nSPS) is 13.3. The molecule has 1 aliphatic rings. The summed E-state index contributed by atoms with van der Waals surface area (Å²) >= 11 is 3.16. The lowest BCUT2D eigenvalue weighted by Crippen LogP contribution is -2.23. The maximum Gasteiger partial charge on any atom is 0.263 e. The molecule has 0 aliphatic heterocycles. The summed E-state index contributed by atoms with van der Waals surface area (Å²) in [6.07, 6.45) is 4.08. The fourth-order valence-corrected chi connectivity index (χ4v) is 5.89. The van der Waals surface area contributed by atoms with Crippen LogP contribution >= 0.6 is 23.1 Å². The van der Waals surface area contributed by atoms with E-state index in [0.29, 0.717) is 24.1 Å². The van der Waals surface area contributed by atoms with Gasteiger partial charge in [-0.25, -0.2) is 4.98 Å². The van der Waals surface area contributed by atoms with Crippen LogP contribution in [0.2, 0.25) is 0 Å². The largest absolute Gasteiger partial charge is 0.420 e. The van der Waals surface area contributed by atoms with Gasteiger partial charge in [0, 0.05) is 17.0 Å². The molecular weight excluding hydrogens is 404 g/mol. The molecule has 0 amide bonds. The maximum absolute atomic E-state index is 13.2. The van der Waals surface area contributed by atoms with Gasteiger partial charge < -0.3 is 4.42 Å². The number of aromatic nitrogens is 4. The predicted molar refractivity (Wildman–Crippen MR) is 115 cm³/mol. The Balaban J connectivity index is 1.45. The Morgan fingerprint density at radius 1 is 1.21 bits per heavy atom. The number of rotatable bonds is 6. The van der Waals surface area contributed by atoms with Gasteiger partial charge in [0.1, 0.15) is 4.83 Å². The van der Waals surface area contributed by atoms with Gasteiger partial charge in [0.15, 0.2) is 5.16 Å². The second-order valence-corrected chi connectivity index (χ2v) is 9.07. The third kappa shape index (κ3) is 3.40. The van der Waals surface area contributed by atoms with Gasteiger partial charge in [-0.15, -0.1) is 21.5 Å². The number of nitrogens with zero attached hydrogens (tertiary/aromatic N) is 4. The molecule has 0 atom stereocenters. The number of aryl methyl sites for hydroxylation is 2. The quantitative estimate of drug-likeness (QED) is 0.330. The summed E-state index contributed by atoms with van der Waals surface area (Å²) in [6, 6.07) is 9.71. The Labute approximate surface area is 176 Å². The van der Waals surface area contributed by atoms with Crippen molar-refractivity contribution in [3.8, 4) is 11.5 Å². The molecule has 148 valence electrons. The van der Waals surface area contributed by atoms with Crippen molar-refractivity contribution in [1.82, 2.24) is 19.7 Å². The van der Waals surface area contributed by atoms with E-state index in [0.717, 1.165) is 46.6 Å². The average Bonchev–Trinajstić information content (AvgIpc) is 3.45. The smallest absolute Gasteiger partial charge is 0.263 e. The van der Waals surface area contributed by atoms with E-state index >= 15 is 0 Å². The van der Waals surface area contributed by atoms with Gasteiger partial charge in [-0.2, -0.15) is 0 Å². The van der Waals surface area contributed by atoms with Crippen LogP contribution in [-0.4, -0.2) is 19.7 Å². The van der Waals surface area contributed by atoms with Crippen LogP contribution in [0.1, 0.15) is 36.1 Å². The van der Waals surface area contributed by atoms with Crippen molar-refractivity contribution in [2.75, 3.05) is 0 Å². The van der Waals surface area contributed by atoms with Crippen molar-refractivity contribution in [3.05, 3.63) is 57.0 Å². The lowest BCUT2D eigenvalue weighted by Gasteiger charge is -2.10. The highest BCUT2D eigenvalue weighted by molar-refractivity contribution is 7.98. The summed E-state index contributed by atoms with van der Waals surface area (Å²) in [5.41, 5.74) is 2.22. The first kappa shape index (κ1) is 18.6. The molecule has 6 nitrogen and oxygen atoms in total. The van der Waals surface area contributed by atoms with Gasteiger partial charge in [0.2, 0.25) is 11.8 Å². The van der Waals surface area contributed by atoms with E-state index in [9.17, 15) is 4.79 Å². The van der Waals surface area contributed by atoms with Crippen LogP contribution in [0.15, 0.2) is 44.7 Å². The van der Waals surface area contributed by atoms with Crippen LogP contribution in [0.25, 0.3) is 21.7 Å². The zero-order valence-electron chi connectivity index (χ0n) is 16.1. The van der Waals surface area contributed by atoms with Crippen LogP contribution in [-0.2, 0) is 25.1 Å². The molecule has 0 radical (unpaired) electrons. The summed E-state index contributed by atoms with van der Waals surface area (Å²) < 4.78 is 7.62. The number of hydrogen-bond donors (Lipinski definition) is 0. The van der Waals surface area contributed by atoms with Gasteiger partial charge in [0.05, 0.1) is 11.1 Å². The predicted octanol–water partition coefficient (Wildman–Crippen LogP) is 4.70. The first-order valence-electron chi connectivity index (χ1n) is 9.80. The Morgan fingerprint density at radius 3 is 2.90 bits per heavy atom. The fraction of sp³-hybridized carbons (Fsp3) is 0.333. The van der Waals surface area contributed by atoms with Gasteiger partial charge in [0.25, 0.3) is 5.56 Å². The molecule has 0 unspecified atom stereocenters. The Kier molecular flexibility index (Phi) is 4.97. The zero-order chi connectivity index (χ0) is 19.8. The molecule has 0 spiro atoms. The summed E-state index contributed by atoms with van der Waals surface area (Å²) in [5.74, 6) is 1.51. The van der Waals surface area contributed by atoms with Crippen molar-refractivity contribution in [2.45, 2.75) is 50.1 Å². The van der Waals surface area contributed by atoms with E-state index in [4.69, 9.17) is 9.40 Å². The standard InChI is InChI=1S/C21H20N4O2S2/c1-2-11-25-20(26)17-14-9-6-10-15(14)29-19(17)22-21(25)28-12-16-23-24-18(27-16)13-7-4-3-5-8-13/h3-5,7-8H,2,6,9-12H2,1H3. The maximum atomic E-state index is 13.2. The molecule has 0 saturated carbocycles. The SMILES string of the molecule is CCCn1c(SCc2nnc(-c3ccccc3)o2)nc2sc3c(c2c1=O)CCC3. The third-order valence-electron chi connectivity index (χ3n) is 5.05. The fourth-order valence-electron chi connectivity index (χ4n) is 3.72. The van der Waals surface area contributed by atoms with Crippen LogP contribution in [0.5, 0.6) is 0 Å². The third-order valence-corrected chi connectivity index (χ3v) is 7.20. The summed E-state index contributed by atoms with van der Waals surface area (Å²) in [5, 5.41) is 9.86. The van der Waals surface area contributed by atoms with E-state index in [-0.39, 0.29) is 5.56 Å². The molecule has 0 bridgehead atoms. The minimum atomic E-state index is 0.0919. The van der Waals surface area contributed by atoms with Gasteiger partial charge in [-0.1, -0.05) is 36.9 Å². The minimum Gasteiger partial charge on any atom is -0.420 e. The molecule has 5 rings (SSSR count). The summed E-state index contributed by atoms with van der Waals surface area (Å²) in [6.45, 7) is 2.74. The lowest BCUT2D eigenvalue weighted by atomic mass is 10.2. The Morgan fingerprint density at radius 2 is 2.07 bits per heavy atom. The van der Waals surface area contributed by atoms with Crippen LogP contribution in [0.3, 0.4) is 0 Å². The highest BCUT2D eigenvalue weighted by atomic mass is 32.2. The molecular formula is C21H20N4O2S2. The van der Waals surface area contributed by atoms with Crippen LogP contribution < -0.4 is 5.56 Å². The molecule has 0 fully saturated rings. The molecule has 1 aliphatic carbocycles. The second kappa shape index (κ2) is 7.76. The Hall–Kier alpha value is -2.45. The molecule has 1 aromatic carbocycles. The van der Waals surface area contributed by atoms with E-state index in [1.54, 1.807) is 11.3 Å². The minimum absolute atomic E-state index is 0.0919. The van der Waals surface area contributed by atoms with Crippen molar-refractivity contribution in [1.29, 1.82) is 0 Å². The average molecular weight is 425 g/mol. The van der Waals surface area contributed by atoms with Crippen molar-refractivity contribution < 1.29 is 4.42 Å². The lowest BCUT2D eigenvalue weighted by molar-refractivity contribution is 0.527. The number of thiophene rings is 1. The number of hydrogen-bond acceptors (Lipinski definition) is 7. The van der Waals surface area contributed by atoms with Crippen LogP contribution in [0.4, 0.5) is 0 Å². The van der Waals surface area contributed by atoms with E-state index in [2.05, 4.69) is 17.1 Å². The molecule has 29 heavy (non-hydrogen) atoms. The number of thioether (sulfide) groups is 1. The highest BCUT2D eigenvalue weighted by Gasteiger charge is 2.23. The van der Waals surface area contributed by atoms with Gasteiger partial charge in [-0.3, -0.25) is 9.36 Å². The summed E-state index contributed by atoms with van der Waals surface area (Å²) in [4.78, 5) is 20.3. The molecule has 0 saturated heterocycles. The first-order valence-corrected chi connectivity index (χ1v) is 11.6. The molecule has 4 aromatic rings. The van der Waals surface area contributed by atoms with E-state index in [1.165, 1.54) is 22.2 Å². The molecule has 0 N–H and O–H groups in total. The monoisotopic (exact) mass is 424 g/mol. The van der Waals surface area contributed by atoms with Crippen molar-refractivity contribution >= 4 is 33.3 Å². The zero-order valence-corrected chi connectivity index (χ0v) is 17.7. The summed E-state index contributed by atoms with van der Waals surface area (Å²) in [7, 11) is 0. The second-order valence-electron chi connectivity index (χ2n) is 7.04. The Bertz CT molecular complexity index is 1230. The van der Waals surface area contributed by atoms with E-state index < -0.39 is 0 Å². The number of benzene rings is 1. The number of fused-ring (bicyclic) bond motifs is 3. The van der Waals surface area contributed by atoms with Crippen molar-refractivity contribution in [2.24, 2.45) is 0 Å². The topological polar surface area (TPSA) is 73.8 Å². The van der Waals surface area contributed by atoms with Gasteiger partial charge >= 0.3 is 0 Å². The molecule has 8 heteroatoms. The first-order chi connectivity index (χ1) is 14.2. The van der Waals surface area contributed by atoms with Crippen LogP contribution in [0, 0.1) is 0 Å². The molecule has 3 aromatic heterocycles. The van der Waals surface area contributed by atoms with Crippen molar-refractivity contribution in [3.63, 3.8) is 0 Å². The van der Waals surface area contributed by atoms with E-state index in [1.807, 2.05) is 34.9 Å². The van der Waals surface area contributed by atoms with Gasteiger partial charge in [-0.05, 0) is 43.4 Å². The highest BCUT2D eigenvalue weighted by Crippen LogP contribution is 2.36. The molecule has 3 heterocycles.